The molecule has 0 atom stereocenters. The Morgan fingerprint density at radius 1 is 1.19 bits per heavy atom. The zero-order valence-electron chi connectivity index (χ0n) is 10.2. The van der Waals surface area contributed by atoms with E-state index in [2.05, 4.69) is 5.32 Å². The van der Waals surface area contributed by atoms with Crippen molar-refractivity contribution in [2.24, 2.45) is 5.92 Å². The van der Waals surface area contributed by atoms with Gasteiger partial charge in [0.05, 0.1) is 0 Å². The average molecular weight is 224 g/mol. The molecule has 3 nitrogen and oxygen atoms in total. The van der Waals surface area contributed by atoms with Crippen molar-refractivity contribution in [3.05, 3.63) is 0 Å². The first-order valence-corrected chi connectivity index (χ1v) is 6.89. The molecule has 2 fully saturated rings. The minimum Gasteiger partial charge on any atom is -0.336 e. The number of nitrogens with zero attached hydrogens (tertiary/aromatic N) is 1. The van der Waals surface area contributed by atoms with E-state index in [1.54, 1.807) is 0 Å². The molecule has 1 saturated carbocycles. The molecule has 1 aliphatic carbocycles. The fraction of sp³-hybridized carbons (Fsp3) is 0.923. The number of carbonyl (C=O) groups is 1. The smallest absolute Gasteiger partial charge is 0.317 e. The molecule has 0 aromatic heterocycles. The first-order chi connectivity index (χ1) is 7.86. The standard InChI is InChI=1S/C13H24N2O/c16-13-14-9-11-15(13)10-5-8-12-6-3-1-2-4-7-12/h12H,1-11H2,(H,14,16). The number of carbonyl (C=O) groups excluding carboxylic acids is 1. The Morgan fingerprint density at radius 3 is 2.56 bits per heavy atom. The lowest BCUT2D eigenvalue weighted by atomic mass is 9.95. The molecule has 1 aliphatic heterocycles. The SMILES string of the molecule is O=C1NCCN1CCCC1CCCCCC1. The highest BCUT2D eigenvalue weighted by molar-refractivity contribution is 5.76. The van der Waals surface area contributed by atoms with Crippen LogP contribution in [0, 0.1) is 5.92 Å². The van der Waals surface area contributed by atoms with Crippen LogP contribution in [0.5, 0.6) is 0 Å². The van der Waals surface area contributed by atoms with Crippen molar-refractivity contribution in [3.63, 3.8) is 0 Å². The summed E-state index contributed by atoms with van der Waals surface area (Å²) in [5.74, 6) is 0.938. The maximum atomic E-state index is 11.3. The van der Waals surface area contributed by atoms with Crippen LogP contribution in [0.2, 0.25) is 0 Å². The van der Waals surface area contributed by atoms with E-state index in [-0.39, 0.29) is 6.03 Å². The van der Waals surface area contributed by atoms with Crippen LogP contribution in [0.1, 0.15) is 51.4 Å². The highest BCUT2D eigenvalue weighted by atomic mass is 16.2. The summed E-state index contributed by atoms with van der Waals surface area (Å²) in [6.45, 7) is 2.70. The van der Waals surface area contributed by atoms with Crippen molar-refractivity contribution in [1.82, 2.24) is 10.2 Å². The Labute approximate surface area is 98.6 Å². The van der Waals surface area contributed by atoms with Crippen LogP contribution in [0.25, 0.3) is 0 Å². The average Bonchev–Trinajstić information content (AvgIpc) is 2.55. The van der Waals surface area contributed by atoms with Gasteiger partial charge in [-0.2, -0.15) is 0 Å². The molecular formula is C13H24N2O. The third-order valence-corrected chi connectivity index (χ3v) is 3.96. The summed E-state index contributed by atoms with van der Waals surface area (Å²) >= 11 is 0. The van der Waals surface area contributed by atoms with Crippen LogP contribution >= 0.6 is 0 Å². The molecule has 0 aromatic carbocycles. The summed E-state index contributed by atoms with van der Waals surface area (Å²) in [7, 11) is 0. The summed E-state index contributed by atoms with van der Waals surface area (Å²) in [5.41, 5.74) is 0. The van der Waals surface area contributed by atoms with Gasteiger partial charge < -0.3 is 10.2 Å². The number of hydrogen-bond donors (Lipinski definition) is 1. The Kier molecular flexibility index (Phi) is 4.49. The number of amides is 2. The molecule has 92 valence electrons. The Balaban J connectivity index is 1.61. The van der Waals surface area contributed by atoms with Gasteiger partial charge in [0, 0.05) is 19.6 Å². The monoisotopic (exact) mass is 224 g/mol. The zero-order valence-corrected chi connectivity index (χ0v) is 10.2. The second-order valence-electron chi connectivity index (χ2n) is 5.22. The number of rotatable bonds is 4. The normalized spacial score (nSPS) is 23.2. The van der Waals surface area contributed by atoms with Crippen LogP contribution in [-0.2, 0) is 0 Å². The quantitative estimate of drug-likeness (QED) is 0.732. The molecule has 3 heteroatoms. The van der Waals surface area contributed by atoms with E-state index >= 15 is 0 Å². The third kappa shape index (κ3) is 3.39. The van der Waals surface area contributed by atoms with Crippen LogP contribution in [0.3, 0.4) is 0 Å². The third-order valence-electron chi connectivity index (χ3n) is 3.96. The molecule has 2 aliphatic rings. The van der Waals surface area contributed by atoms with Crippen LogP contribution < -0.4 is 5.32 Å². The first kappa shape index (κ1) is 11.7. The topological polar surface area (TPSA) is 32.3 Å². The van der Waals surface area contributed by atoms with Crippen LogP contribution in [0.15, 0.2) is 0 Å². The van der Waals surface area contributed by atoms with E-state index in [1.807, 2.05) is 4.90 Å². The molecular weight excluding hydrogens is 200 g/mol. The summed E-state index contributed by atoms with van der Waals surface area (Å²) in [6.07, 6.45) is 11.1. The lowest BCUT2D eigenvalue weighted by Crippen LogP contribution is -2.29. The molecule has 1 saturated heterocycles. The van der Waals surface area contributed by atoms with Crippen molar-refractivity contribution >= 4 is 6.03 Å². The molecule has 0 aromatic rings. The minimum absolute atomic E-state index is 0.140. The van der Waals surface area contributed by atoms with E-state index in [1.165, 1.54) is 51.4 Å². The van der Waals surface area contributed by atoms with Gasteiger partial charge in [0.25, 0.3) is 0 Å². The minimum atomic E-state index is 0.140. The van der Waals surface area contributed by atoms with Gasteiger partial charge in [-0.1, -0.05) is 38.5 Å². The molecule has 0 spiro atoms. The maximum absolute atomic E-state index is 11.3. The van der Waals surface area contributed by atoms with Gasteiger partial charge in [-0.15, -0.1) is 0 Å². The van der Waals surface area contributed by atoms with E-state index < -0.39 is 0 Å². The largest absolute Gasteiger partial charge is 0.336 e. The van der Waals surface area contributed by atoms with Crippen molar-refractivity contribution in [1.29, 1.82) is 0 Å². The predicted octanol–water partition coefficient (Wildman–Crippen LogP) is 2.76. The second-order valence-corrected chi connectivity index (χ2v) is 5.22. The number of nitrogens with one attached hydrogen (secondary N) is 1. The Bertz CT molecular complexity index is 222. The first-order valence-electron chi connectivity index (χ1n) is 6.89. The van der Waals surface area contributed by atoms with Gasteiger partial charge in [-0.25, -0.2) is 4.79 Å². The Hall–Kier alpha value is -0.730. The van der Waals surface area contributed by atoms with Gasteiger partial charge >= 0.3 is 6.03 Å². The molecule has 1 N–H and O–H groups in total. The fourth-order valence-electron chi connectivity index (χ4n) is 2.95. The van der Waals surface area contributed by atoms with Crippen molar-refractivity contribution in [2.75, 3.05) is 19.6 Å². The summed E-state index contributed by atoms with van der Waals surface area (Å²) in [6, 6.07) is 0.140. The highest BCUT2D eigenvalue weighted by Gasteiger charge is 2.19. The van der Waals surface area contributed by atoms with Crippen LogP contribution in [-0.4, -0.2) is 30.6 Å². The van der Waals surface area contributed by atoms with E-state index in [4.69, 9.17) is 0 Å². The molecule has 0 radical (unpaired) electrons. The van der Waals surface area contributed by atoms with Crippen molar-refractivity contribution in [3.8, 4) is 0 Å². The molecule has 1 heterocycles. The highest BCUT2D eigenvalue weighted by Crippen LogP contribution is 2.26. The van der Waals surface area contributed by atoms with Gasteiger partial charge in [0.15, 0.2) is 0 Å². The van der Waals surface area contributed by atoms with Gasteiger partial charge in [0.1, 0.15) is 0 Å². The summed E-state index contributed by atoms with van der Waals surface area (Å²) in [4.78, 5) is 13.3. The summed E-state index contributed by atoms with van der Waals surface area (Å²) < 4.78 is 0. The van der Waals surface area contributed by atoms with E-state index in [0.717, 1.165) is 25.6 Å². The molecule has 2 amide bonds. The van der Waals surface area contributed by atoms with E-state index in [9.17, 15) is 4.79 Å². The van der Waals surface area contributed by atoms with Crippen LogP contribution in [0.4, 0.5) is 4.79 Å². The molecule has 0 unspecified atom stereocenters. The maximum Gasteiger partial charge on any atom is 0.317 e. The molecule has 2 rings (SSSR count). The van der Waals surface area contributed by atoms with Crippen molar-refractivity contribution in [2.45, 2.75) is 51.4 Å². The lowest BCUT2D eigenvalue weighted by Gasteiger charge is -2.17. The van der Waals surface area contributed by atoms with Gasteiger partial charge in [0.2, 0.25) is 0 Å². The lowest BCUT2D eigenvalue weighted by molar-refractivity contribution is 0.215. The fourth-order valence-corrected chi connectivity index (χ4v) is 2.95. The molecule has 0 bridgehead atoms. The van der Waals surface area contributed by atoms with Crippen molar-refractivity contribution < 1.29 is 4.79 Å². The summed E-state index contributed by atoms with van der Waals surface area (Å²) in [5, 5.41) is 2.86. The number of hydrogen-bond acceptors (Lipinski definition) is 1. The van der Waals surface area contributed by atoms with E-state index in [0.29, 0.717) is 0 Å². The van der Waals surface area contributed by atoms with Gasteiger partial charge in [-0.3, -0.25) is 0 Å². The number of urea groups is 1. The second kappa shape index (κ2) is 6.12. The predicted molar refractivity (Wildman–Crippen MR) is 65.4 cm³/mol. The zero-order chi connectivity index (χ0) is 11.2. The van der Waals surface area contributed by atoms with Gasteiger partial charge in [-0.05, 0) is 18.8 Å². The molecule has 16 heavy (non-hydrogen) atoms. The Morgan fingerprint density at radius 2 is 1.94 bits per heavy atom.